The average Bonchev–Trinajstić information content (AvgIpc) is 3.35. The second kappa shape index (κ2) is 12.1. The predicted molar refractivity (Wildman–Crippen MR) is 141 cm³/mol. The van der Waals surface area contributed by atoms with Crippen molar-refractivity contribution in [1.29, 1.82) is 0 Å². The first-order valence-corrected chi connectivity index (χ1v) is 13.3. The number of amides is 2. The topological polar surface area (TPSA) is 49.9 Å². The Morgan fingerprint density at radius 3 is 2.60 bits per heavy atom. The van der Waals surface area contributed by atoms with Gasteiger partial charge in [0.15, 0.2) is 0 Å². The van der Waals surface area contributed by atoms with Crippen LogP contribution in [0.1, 0.15) is 46.5 Å². The number of fused-ring (bicyclic) bond motifs is 1. The predicted octanol–water partition coefficient (Wildman–Crippen LogP) is 5.03. The molecule has 184 valence electrons. The van der Waals surface area contributed by atoms with E-state index in [-0.39, 0.29) is 24.4 Å². The van der Waals surface area contributed by atoms with Crippen LogP contribution in [-0.4, -0.2) is 54.5 Å². The van der Waals surface area contributed by atoms with Crippen LogP contribution < -0.4 is 0 Å². The molecule has 3 aromatic rings. The van der Waals surface area contributed by atoms with Crippen LogP contribution in [0.3, 0.4) is 0 Å². The number of aryl methyl sites for hydroxylation is 1. The molecule has 0 radical (unpaired) electrons. The quantitative estimate of drug-likeness (QED) is 0.375. The van der Waals surface area contributed by atoms with E-state index in [2.05, 4.69) is 30.5 Å². The van der Waals surface area contributed by atoms with Gasteiger partial charge in [-0.1, -0.05) is 54.6 Å². The van der Waals surface area contributed by atoms with Crippen LogP contribution in [0.5, 0.6) is 0 Å². The maximum absolute atomic E-state index is 13.8. The van der Waals surface area contributed by atoms with Crippen molar-refractivity contribution >= 4 is 23.2 Å². The highest BCUT2D eigenvalue weighted by Gasteiger charge is 2.34. The van der Waals surface area contributed by atoms with E-state index in [4.69, 9.17) is 4.74 Å². The first-order valence-electron chi connectivity index (χ1n) is 12.4. The fourth-order valence-electron chi connectivity index (χ4n) is 4.74. The van der Waals surface area contributed by atoms with Gasteiger partial charge < -0.3 is 14.5 Å². The lowest BCUT2D eigenvalue weighted by Gasteiger charge is -2.38. The van der Waals surface area contributed by atoms with Crippen LogP contribution in [0.25, 0.3) is 0 Å². The molecule has 0 spiro atoms. The largest absolute Gasteiger partial charge is 0.382 e. The Balaban J connectivity index is 1.55. The van der Waals surface area contributed by atoms with Gasteiger partial charge in [0, 0.05) is 31.2 Å². The normalized spacial score (nSPS) is 15.0. The SMILES string of the molecule is CCOCCCN(CC(=O)N1CCc2sccc2C1c1ccccc1C)C(=O)Cc1ccccc1. The highest BCUT2D eigenvalue weighted by molar-refractivity contribution is 7.10. The lowest BCUT2D eigenvalue weighted by atomic mass is 9.90. The lowest BCUT2D eigenvalue weighted by Crippen LogP contribution is -2.47. The molecule has 5 nitrogen and oxygen atoms in total. The summed E-state index contributed by atoms with van der Waals surface area (Å²) in [4.78, 5) is 32.1. The molecule has 1 unspecified atom stereocenters. The number of ether oxygens (including phenoxy) is 1. The molecule has 2 aromatic carbocycles. The number of rotatable bonds is 10. The Hall–Kier alpha value is -2.96. The molecule has 0 fully saturated rings. The van der Waals surface area contributed by atoms with Crippen LogP contribution in [0, 0.1) is 6.92 Å². The maximum Gasteiger partial charge on any atom is 0.242 e. The molecule has 1 aliphatic heterocycles. The zero-order chi connectivity index (χ0) is 24.6. The summed E-state index contributed by atoms with van der Waals surface area (Å²) in [6.45, 7) is 6.53. The summed E-state index contributed by atoms with van der Waals surface area (Å²) >= 11 is 1.76. The molecule has 0 saturated carbocycles. The van der Waals surface area contributed by atoms with E-state index >= 15 is 0 Å². The third-order valence-electron chi connectivity index (χ3n) is 6.57. The van der Waals surface area contributed by atoms with Crippen molar-refractivity contribution in [3.63, 3.8) is 0 Å². The Morgan fingerprint density at radius 1 is 1.06 bits per heavy atom. The van der Waals surface area contributed by atoms with Gasteiger partial charge in [0.1, 0.15) is 0 Å². The van der Waals surface area contributed by atoms with Gasteiger partial charge in [0.25, 0.3) is 0 Å². The van der Waals surface area contributed by atoms with Crippen molar-refractivity contribution < 1.29 is 14.3 Å². The van der Waals surface area contributed by atoms with Crippen molar-refractivity contribution in [2.24, 2.45) is 0 Å². The number of hydrogen-bond donors (Lipinski definition) is 0. The molecule has 2 heterocycles. The second-order valence-corrected chi connectivity index (χ2v) is 9.92. The third kappa shape index (κ3) is 6.19. The van der Waals surface area contributed by atoms with E-state index < -0.39 is 0 Å². The number of thiophene rings is 1. The van der Waals surface area contributed by atoms with Gasteiger partial charge in [0.2, 0.25) is 11.8 Å². The van der Waals surface area contributed by atoms with Gasteiger partial charge in [-0.3, -0.25) is 9.59 Å². The first kappa shape index (κ1) is 25.1. The molecule has 6 heteroatoms. The van der Waals surface area contributed by atoms with Crippen molar-refractivity contribution in [2.45, 2.75) is 39.2 Å². The number of benzene rings is 2. The van der Waals surface area contributed by atoms with Crippen LogP contribution in [-0.2, 0) is 27.2 Å². The van der Waals surface area contributed by atoms with E-state index in [9.17, 15) is 9.59 Å². The van der Waals surface area contributed by atoms with E-state index in [1.54, 1.807) is 16.2 Å². The average molecular weight is 491 g/mol. The summed E-state index contributed by atoms with van der Waals surface area (Å²) in [6.07, 6.45) is 1.85. The second-order valence-electron chi connectivity index (χ2n) is 8.92. The Labute approximate surface area is 212 Å². The third-order valence-corrected chi connectivity index (χ3v) is 7.56. The molecule has 1 aliphatic rings. The summed E-state index contributed by atoms with van der Waals surface area (Å²) in [5.41, 5.74) is 4.49. The lowest BCUT2D eigenvalue weighted by molar-refractivity contribution is -0.141. The zero-order valence-electron chi connectivity index (χ0n) is 20.6. The van der Waals surface area contributed by atoms with Crippen LogP contribution in [0.15, 0.2) is 66.0 Å². The molecule has 0 aliphatic carbocycles. The van der Waals surface area contributed by atoms with E-state index in [0.717, 1.165) is 17.5 Å². The van der Waals surface area contributed by atoms with E-state index in [0.29, 0.717) is 39.1 Å². The maximum atomic E-state index is 13.8. The minimum absolute atomic E-state index is 0.00655. The number of carbonyl (C=O) groups excluding carboxylic acids is 2. The Kier molecular flexibility index (Phi) is 8.72. The van der Waals surface area contributed by atoms with Crippen LogP contribution in [0.2, 0.25) is 0 Å². The van der Waals surface area contributed by atoms with Gasteiger partial charge >= 0.3 is 0 Å². The molecule has 1 aromatic heterocycles. The summed E-state index contributed by atoms with van der Waals surface area (Å²) < 4.78 is 5.49. The van der Waals surface area contributed by atoms with Crippen LogP contribution in [0.4, 0.5) is 0 Å². The van der Waals surface area contributed by atoms with E-state index in [1.807, 2.05) is 54.3 Å². The zero-order valence-corrected chi connectivity index (χ0v) is 21.4. The minimum Gasteiger partial charge on any atom is -0.382 e. The molecule has 4 rings (SSSR count). The smallest absolute Gasteiger partial charge is 0.242 e. The first-order chi connectivity index (χ1) is 17.1. The van der Waals surface area contributed by atoms with Gasteiger partial charge in [0.05, 0.1) is 19.0 Å². The standard InChI is InChI=1S/C29H34N2O3S/c1-3-34-18-9-16-30(27(32)20-23-11-5-4-6-12-23)21-28(33)31-17-14-26-25(15-19-35-26)29(31)24-13-8-7-10-22(24)2/h4-8,10-13,15,19,29H,3,9,14,16-18,20-21H2,1-2H3. The summed E-state index contributed by atoms with van der Waals surface area (Å²) in [7, 11) is 0. The molecule has 0 bridgehead atoms. The molecular formula is C29H34N2O3S. The van der Waals surface area contributed by atoms with Gasteiger partial charge in [-0.2, -0.15) is 0 Å². The molecule has 0 N–H and O–H groups in total. The molecular weight excluding hydrogens is 456 g/mol. The highest BCUT2D eigenvalue weighted by Crippen LogP contribution is 2.39. The molecule has 35 heavy (non-hydrogen) atoms. The molecule has 2 amide bonds. The van der Waals surface area contributed by atoms with Gasteiger partial charge in [-0.05, 0) is 60.4 Å². The minimum atomic E-state index is -0.117. The van der Waals surface area contributed by atoms with Crippen molar-refractivity contribution in [3.8, 4) is 0 Å². The number of carbonyl (C=O) groups is 2. The van der Waals surface area contributed by atoms with Gasteiger partial charge in [-0.15, -0.1) is 11.3 Å². The van der Waals surface area contributed by atoms with Crippen molar-refractivity contribution in [1.82, 2.24) is 9.80 Å². The fourth-order valence-corrected chi connectivity index (χ4v) is 5.65. The number of hydrogen-bond acceptors (Lipinski definition) is 4. The number of nitrogens with zero attached hydrogens (tertiary/aromatic N) is 2. The molecule has 0 saturated heterocycles. The monoisotopic (exact) mass is 490 g/mol. The Morgan fingerprint density at radius 2 is 1.83 bits per heavy atom. The van der Waals surface area contributed by atoms with Crippen LogP contribution >= 0.6 is 11.3 Å². The van der Waals surface area contributed by atoms with E-state index in [1.165, 1.54) is 16.0 Å². The van der Waals surface area contributed by atoms with Gasteiger partial charge in [-0.25, -0.2) is 0 Å². The Bertz CT molecular complexity index is 1130. The summed E-state index contributed by atoms with van der Waals surface area (Å²) in [5, 5.41) is 2.12. The molecule has 1 atom stereocenters. The van der Waals surface area contributed by atoms with Crippen molar-refractivity contribution in [2.75, 3.05) is 32.8 Å². The fraction of sp³-hybridized carbons (Fsp3) is 0.379. The van der Waals surface area contributed by atoms with Crippen molar-refractivity contribution in [3.05, 3.63) is 93.2 Å². The highest BCUT2D eigenvalue weighted by atomic mass is 32.1. The summed E-state index contributed by atoms with van der Waals surface area (Å²) in [5.74, 6) is -0.0327. The summed E-state index contributed by atoms with van der Waals surface area (Å²) in [6, 6.07) is 20.0.